The summed E-state index contributed by atoms with van der Waals surface area (Å²) in [6.45, 7) is 8.69. The SMILES string of the molecule is Cc1cc(-c2ncncc2OCCBr)ccc1CNC(=O)c1noc(C(C)(C)C)n1. The lowest BCUT2D eigenvalue weighted by atomic mass is 9.97. The second-order valence-corrected chi connectivity index (χ2v) is 8.56. The molecule has 0 unspecified atom stereocenters. The van der Waals surface area contributed by atoms with Gasteiger partial charge in [-0.2, -0.15) is 4.98 Å². The molecule has 0 aliphatic heterocycles. The third-order valence-corrected chi connectivity index (χ3v) is 4.66. The van der Waals surface area contributed by atoms with E-state index in [-0.39, 0.29) is 17.1 Å². The van der Waals surface area contributed by atoms with E-state index in [9.17, 15) is 4.79 Å². The first-order valence-corrected chi connectivity index (χ1v) is 10.6. The van der Waals surface area contributed by atoms with Crippen LogP contribution in [0.25, 0.3) is 11.3 Å². The topological polar surface area (TPSA) is 103 Å². The molecule has 0 bridgehead atoms. The van der Waals surface area contributed by atoms with Gasteiger partial charge in [-0.25, -0.2) is 9.97 Å². The number of ether oxygens (including phenoxy) is 1. The van der Waals surface area contributed by atoms with E-state index in [0.717, 1.165) is 27.7 Å². The molecule has 0 aliphatic rings. The summed E-state index contributed by atoms with van der Waals surface area (Å²) in [5, 5.41) is 7.33. The van der Waals surface area contributed by atoms with Crippen LogP contribution < -0.4 is 10.1 Å². The molecule has 9 heteroatoms. The van der Waals surface area contributed by atoms with Crippen LogP contribution in [0, 0.1) is 6.92 Å². The van der Waals surface area contributed by atoms with Crippen molar-refractivity contribution in [2.45, 2.75) is 39.7 Å². The predicted octanol–water partition coefficient (Wildman–Crippen LogP) is 3.84. The van der Waals surface area contributed by atoms with E-state index in [1.54, 1.807) is 6.20 Å². The quantitative estimate of drug-likeness (QED) is 0.519. The van der Waals surface area contributed by atoms with Crippen molar-refractivity contribution in [3.8, 4) is 17.0 Å². The van der Waals surface area contributed by atoms with Crippen LogP contribution in [0.5, 0.6) is 5.75 Å². The molecule has 0 spiro atoms. The van der Waals surface area contributed by atoms with Gasteiger partial charge in [0.25, 0.3) is 11.7 Å². The van der Waals surface area contributed by atoms with Gasteiger partial charge in [0.05, 0.1) is 12.8 Å². The molecule has 1 amide bonds. The Labute approximate surface area is 183 Å². The molecule has 2 heterocycles. The number of carbonyl (C=O) groups excluding carboxylic acids is 1. The van der Waals surface area contributed by atoms with Gasteiger partial charge in [0, 0.05) is 22.9 Å². The number of carbonyl (C=O) groups is 1. The number of aryl methyl sites for hydroxylation is 1. The van der Waals surface area contributed by atoms with Gasteiger partial charge in [-0.1, -0.05) is 54.0 Å². The van der Waals surface area contributed by atoms with Gasteiger partial charge in [-0.05, 0) is 24.1 Å². The Morgan fingerprint density at radius 1 is 1.30 bits per heavy atom. The zero-order chi connectivity index (χ0) is 21.7. The van der Waals surface area contributed by atoms with E-state index < -0.39 is 0 Å². The molecule has 0 radical (unpaired) electrons. The maximum atomic E-state index is 12.4. The van der Waals surface area contributed by atoms with Crippen molar-refractivity contribution in [3.05, 3.63) is 53.6 Å². The van der Waals surface area contributed by atoms with Gasteiger partial charge < -0.3 is 14.6 Å². The average molecular weight is 474 g/mol. The minimum Gasteiger partial charge on any atom is -0.489 e. The number of nitrogens with one attached hydrogen (secondary N) is 1. The third kappa shape index (κ3) is 5.21. The summed E-state index contributed by atoms with van der Waals surface area (Å²) in [6, 6.07) is 5.92. The van der Waals surface area contributed by atoms with E-state index in [4.69, 9.17) is 9.26 Å². The van der Waals surface area contributed by atoms with Crippen LogP contribution >= 0.6 is 15.9 Å². The summed E-state index contributed by atoms with van der Waals surface area (Å²) in [5.41, 5.74) is 3.33. The van der Waals surface area contributed by atoms with Crippen LogP contribution in [0.15, 0.2) is 35.2 Å². The second-order valence-electron chi connectivity index (χ2n) is 7.77. The minimum atomic E-state index is -0.376. The Morgan fingerprint density at radius 3 is 2.77 bits per heavy atom. The molecule has 30 heavy (non-hydrogen) atoms. The number of amides is 1. The standard InChI is InChI=1S/C21H24BrN5O3/c1-13-9-14(17-16(29-8-7-22)11-23-12-25-17)5-6-15(13)10-24-19(28)18-26-20(30-27-18)21(2,3)4/h5-6,9,11-12H,7-8,10H2,1-4H3,(H,24,28). The Morgan fingerprint density at radius 2 is 2.10 bits per heavy atom. The number of hydrogen-bond acceptors (Lipinski definition) is 7. The van der Waals surface area contributed by atoms with Crippen LogP contribution in [0.1, 0.15) is 48.4 Å². The second kappa shape index (κ2) is 9.34. The largest absolute Gasteiger partial charge is 0.489 e. The smallest absolute Gasteiger partial charge is 0.292 e. The number of benzene rings is 1. The molecule has 0 saturated carbocycles. The molecule has 0 atom stereocenters. The van der Waals surface area contributed by atoms with Crippen molar-refractivity contribution in [2.24, 2.45) is 0 Å². The van der Waals surface area contributed by atoms with Crippen LogP contribution in [0.3, 0.4) is 0 Å². The monoisotopic (exact) mass is 473 g/mol. The molecule has 158 valence electrons. The summed E-state index contributed by atoms with van der Waals surface area (Å²) < 4.78 is 10.9. The average Bonchev–Trinajstić information content (AvgIpc) is 3.22. The fourth-order valence-corrected chi connectivity index (χ4v) is 2.87. The van der Waals surface area contributed by atoms with E-state index >= 15 is 0 Å². The molecular weight excluding hydrogens is 450 g/mol. The lowest BCUT2D eigenvalue weighted by molar-refractivity contribution is 0.0937. The lowest BCUT2D eigenvalue weighted by Gasteiger charge is -2.12. The highest BCUT2D eigenvalue weighted by Crippen LogP contribution is 2.28. The maximum Gasteiger partial charge on any atom is 0.292 e. The van der Waals surface area contributed by atoms with E-state index in [1.807, 2.05) is 45.9 Å². The van der Waals surface area contributed by atoms with Gasteiger partial charge in [-0.3, -0.25) is 4.79 Å². The zero-order valence-electron chi connectivity index (χ0n) is 17.4. The minimum absolute atomic E-state index is 0.0313. The van der Waals surface area contributed by atoms with E-state index in [0.29, 0.717) is 24.8 Å². The summed E-state index contributed by atoms with van der Waals surface area (Å²) in [6.07, 6.45) is 3.15. The third-order valence-electron chi connectivity index (χ3n) is 4.34. The molecule has 0 aliphatic carbocycles. The van der Waals surface area contributed by atoms with E-state index in [1.165, 1.54) is 6.33 Å². The summed E-state index contributed by atoms with van der Waals surface area (Å²) >= 11 is 3.35. The van der Waals surface area contributed by atoms with Crippen LogP contribution in [0.4, 0.5) is 0 Å². The summed E-state index contributed by atoms with van der Waals surface area (Å²) in [5.74, 6) is 0.711. The first-order valence-electron chi connectivity index (χ1n) is 9.50. The molecular formula is C21H24BrN5O3. The fraction of sp³-hybridized carbons (Fsp3) is 0.381. The van der Waals surface area contributed by atoms with Gasteiger partial charge in [0.1, 0.15) is 12.0 Å². The van der Waals surface area contributed by atoms with Gasteiger partial charge >= 0.3 is 0 Å². The molecule has 0 saturated heterocycles. The predicted molar refractivity (Wildman–Crippen MR) is 116 cm³/mol. The highest BCUT2D eigenvalue weighted by Gasteiger charge is 2.24. The highest BCUT2D eigenvalue weighted by atomic mass is 79.9. The first kappa shape index (κ1) is 21.9. The van der Waals surface area contributed by atoms with Crippen molar-refractivity contribution in [3.63, 3.8) is 0 Å². The highest BCUT2D eigenvalue weighted by molar-refractivity contribution is 9.09. The number of nitrogens with zero attached hydrogens (tertiary/aromatic N) is 4. The lowest BCUT2D eigenvalue weighted by Crippen LogP contribution is -2.24. The van der Waals surface area contributed by atoms with Crippen molar-refractivity contribution in [1.82, 2.24) is 25.4 Å². The van der Waals surface area contributed by atoms with Crippen molar-refractivity contribution in [1.29, 1.82) is 0 Å². The number of alkyl halides is 1. The number of rotatable bonds is 7. The van der Waals surface area contributed by atoms with Crippen molar-refractivity contribution < 1.29 is 14.1 Å². The molecule has 3 aromatic rings. The summed E-state index contributed by atoms with van der Waals surface area (Å²) in [4.78, 5) is 25.0. The maximum absolute atomic E-state index is 12.4. The Hall–Kier alpha value is -2.81. The summed E-state index contributed by atoms with van der Waals surface area (Å²) in [7, 11) is 0. The molecule has 1 aromatic carbocycles. The Balaban J connectivity index is 1.71. The molecule has 2 aromatic heterocycles. The number of halogens is 1. The normalized spacial score (nSPS) is 11.4. The van der Waals surface area contributed by atoms with E-state index in [2.05, 4.69) is 41.4 Å². The van der Waals surface area contributed by atoms with Crippen LogP contribution in [-0.2, 0) is 12.0 Å². The number of hydrogen-bond donors (Lipinski definition) is 1. The Bertz CT molecular complexity index is 1030. The number of aromatic nitrogens is 4. The molecule has 8 nitrogen and oxygen atoms in total. The molecule has 3 rings (SSSR count). The van der Waals surface area contributed by atoms with Crippen molar-refractivity contribution >= 4 is 21.8 Å². The van der Waals surface area contributed by atoms with Gasteiger partial charge in [0.15, 0.2) is 5.75 Å². The van der Waals surface area contributed by atoms with Crippen LogP contribution in [-0.4, -0.2) is 38.0 Å². The molecule has 1 N–H and O–H groups in total. The van der Waals surface area contributed by atoms with Crippen molar-refractivity contribution in [2.75, 3.05) is 11.9 Å². The zero-order valence-corrected chi connectivity index (χ0v) is 19.0. The molecule has 0 fully saturated rings. The van der Waals surface area contributed by atoms with Gasteiger partial charge in [-0.15, -0.1) is 0 Å². The fourth-order valence-electron chi connectivity index (χ4n) is 2.70. The van der Waals surface area contributed by atoms with Gasteiger partial charge in [0.2, 0.25) is 5.89 Å². The first-order chi connectivity index (χ1) is 14.3. The van der Waals surface area contributed by atoms with Crippen LogP contribution in [0.2, 0.25) is 0 Å². The Kier molecular flexibility index (Phi) is 6.81.